The number of nitro benzene ring substituents is 1. The zero-order valence-corrected chi connectivity index (χ0v) is 14.1. The first-order valence-corrected chi connectivity index (χ1v) is 8.66. The lowest BCUT2D eigenvalue weighted by molar-refractivity contribution is -0.385. The minimum absolute atomic E-state index is 0.114. The number of nitro groups is 1. The molecule has 2 aromatic carbocycles. The second-order valence-electron chi connectivity index (χ2n) is 5.07. The van der Waals surface area contributed by atoms with E-state index in [0.29, 0.717) is 0 Å². The van der Waals surface area contributed by atoms with Gasteiger partial charge in [-0.05, 0) is 24.6 Å². The van der Waals surface area contributed by atoms with Crippen LogP contribution in [0.1, 0.15) is 17.2 Å². The Hall–Kier alpha value is -2.78. The minimum Gasteiger partial charge on any atom is -0.483 e. The summed E-state index contributed by atoms with van der Waals surface area (Å²) in [6.45, 7) is 1.59. The van der Waals surface area contributed by atoms with Gasteiger partial charge in [0.25, 0.3) is 12.2 Å². The molecule has 0 saturated heterocycles. The molecule has 2 N–H and O–H groups in total. The van der Waals surface area contributed by atoms with Gasteiger partial charge in [0, 0.05) is 12.1 Å². The van der Waals surface area contributed by atoms with Gasteiger partial charge >= 0.3 is 0 Å². The van der Waals surface area contributed by atoms with E-state index in [1.54, 1.807) is 12.1 Å². The SMILES string of the molecule is Cc1ccc(S(=O)(=O)CC(O)c2cccc([N+](=O)[O-])c2)cc1.O=CO. The van der Waals surface area contributed by atoms with Crippen LogP contribution in [0.25, 0.3) is 0 Å². The van der Waals surface area contributed by atoms with Gasteiger partial charge < -0.3 is 10.2 Å². The lowest BCUT2D eigenvalue weighted by Crippen LogP contribution is -2.15. The van der Waals surface area contributed by atoms with E-state index in [9.17, 15) is 23.6 Å². The van der Waals surface area contributed by atoms with Gasteiger partial charge in [0.2, 0.25) is 0 Å². The van der Waals surface area contributed by atoms with Crippen molar-refractivity contribution in [2.24, 2.45) is 0 Å². The molecule has 0 saturated carbocycles. The van der Waals surface area contributed by atoms with Crippen molar-refractivity contribution in [1.82, 2.24) is 0 Å². The number of rotatable bonds is 5. The van der Waals surface area contributed by atoms with Crippen LogP contribution in [-0.4, -0.2) is 35.8 Å². The number of hydrogen-bond donors (Lipinski definition) is 2. The van der Waals surface area contributed by atoms with E-state index < -0.39 is 26.6 Å². The first-order chi connectivity index (χ1) is 11.7. The van der Waals surface area contributed by atoms with E-state index in [1.165, 1.54) is 36.4 Å². The minimum atomic E-state index is -3.68. The third-order valence-electron chi connectivity index (χ3n) is 3.22. The molecule has 0 spiro atoms. The van der Waals surface area contributed by atoms with Gasteiger partial charge in [0.1, 0.15) is 0 Å². The summed E-state index contributed by atoms with van der Waals surface area (Å²) in [5.74, 6) is -0.531. The maximum absolute atomic E-state index is 12.3. The Morgan fingerprint density at radius 1 is 1.20 bits per heavy atom. The zero-order chi connectivity index (χ0) is 19.0. The second kappa shape index (κ2) is 8.90. The summed E-state index contributed by atoms with van der Waals surface area (Å²) in [7, 11) is -3.68. The first kappa shape index (κ1) is 20.3. The number of benzene rings is 2. The van der Waals surface area contributed by atoms with Gasteiger partial charge in [-0.15, -0.1) is 0 Å². The Bertz CT molecular complexity index is 832. The summed E-state index contributed by atoms with van der Waals surface area (Å²) in [4.78, 5) is 18.6. The molecule has 0 amide bonds. The molecule has 8 nitrogen and oxygen atoms in total. The number of sulfone groups is 1. The molecule has 0 bridgehead atoms. The fourth-order valence-electron chi connectivity index (χ4n) is 1.99. The van der Waals surface area contributed by atoms with E-state index in [4.69, 9.17) is 9.90 Å². The molecule has 1 atom stereocenters. The highest BCUT2D eigenvalue weighted by Crippen LogP contribution is 2.23. The molecule has 2 rings (SSSR count). The van der Waals surface area contributed by atoms with Crippen molar-refractivity contribution in [3.63, 3.8) is 0 Å². The predicted octanol–water partition coefficient (Wildman–Crippen LogP) is 2.11. The van der Waals surface area contributed by atoms with E-state index in [0.717, 1.165) is 5.56 Å². The molecule has 0 heterocycles. The number of aryl methyl sites for hydroxylation is 1. The van der Waals surface area contributed by atoms with Crippen LogP contribution >= 0.6 is 0 Å². The summed E-state index contributed by atoms with van der Waals surface area (Å²) in [6, 6.07) is 11.6. The molecule has 0 aliphatic heterocycles. The topological polar surface area (TPSA) is 135 Å². The van der Waals surface area contributed by atoms with Crippen LogP contribution in [0.2, 0.25) is 0 Å². The lowest BCUT2D eigenvalue weighted by Gasteiger charge is -2.12. The van der Waals surface area contributed by atoms with Gasteiger partial charge in [-0.1, -0.05) is 29.8 Å². The lowest BCUT2D eigenvalue weighted by atomic mass is 10.1. The molecular weight excluding hydrogens is 350 g/mol. The van der Waals surface area contributed by atoms with Crippen molar-refractivity contribution < 1.29 is 28.3 Å². The summed E-state index contributed by atoms with van der Waals surface area (Å²) < 4.78 is 24.5. The molecule has 9 heteroatoms. The fraction of sp³-hybridized carbons (Fsp3) is 0.188. The zero-order valence-electron chi connectivity index (χ0n) is 13.3. The molecule has 0 fully saturated rings. The van der Waals surface area contributed by atoms with E-state index in [1.807, 2.05) is 6.92 Å². The predicted molar refractivity (Wildman–Crippen MR) is 90.0 cm³/mol. The smallest absolute Gasteiger partial charge is 0.290 e. The molecule has 1 unspecified atom stereocenters. The van der Waals surface area contributed by atoms with Crippen molar-refractivity contribution in [1.29, 1.82) is 0 Å². The number of carbonyl (C=O) groups is 1. The summed E-state index contributed by atoms with van der Waals surface area (Å²) in [5, 5.41) is 27.7. The van der Waals surface area contributed by atoms with Crippen LogP contribution in [0.3, 0.4) is 0 Å². The summed E-state index contributed by atoms with van der Waals surface area (Å²) in [6.07, 6.45) is -1.33. The highest BCUT2D eigenvalue weighted by Gasteiger charge is 2.22. The average molecular weight is 367 g/mol. The molecule has 0 aliphatic rings. The van der Waals surface area contributed by atoms with E-state index in [-0.39, 0.29) is 22.6 Å². The largest absolute Gasteiger partial charge is 0.483 e. The average Bonchev–Trinajstić information content (AvgIpc) is 2.55. The summed E-state index contributed by atoms with van der Waals surface area (Å²) in [5.41, 5.74) is 0.937. The third kappa shape index (κ3) is 5.98. The van der Waals surface area contributed by atoms with Gasteiger partial charge in [0.05, 0.1) is 21.7 Å². The fourth-order valence-corrected chi connectivity index (χ4v) is 3.34. The normalized spacial score (nSPS) is 11.8. The maximum atomic E-state index is 12.3. The quantitative estimate of drug-likeness (QED) is 0.469. The Balaban J connectivity index is 0.000000970. The van der Waals surface area contributed by atoms with Gasteiger partial charge in [-0.2, -0.15) is 0 Å². The van der Waals surface area contributed by atoms with Gasteiger partial charge in [0.15, 0.2) is 9.84 Å². The van der Waals surface area contributed by atoms with Gasteiger partial charge in [-0.3, -0.25) is 14.9 Å². The van der Waals surface area contributed by atoms with E-state index in [2.05, 4.69) is 0 Å². The van der Waals surface area contributed by atoms with Crippen LogP contribution in [0, 0.1) is 17.0 Å². The monoisotopic (exact) mass is 367 g/mol. The Morgan fingerprint density at radius 3 is 2.28 bits per heavy atom. The summed E-state index contributed by atoms with van der Waals surface area (Å²) >= 11 is 0. The Labute approximate surface area is 144 Å². The number of carboxylic acid groups (broad SMARTS) is 1. The van der Waals surface area contributed by atoms with Crippen molar-refractivity contribution in [3.05, 3.63) is 69.8 Å². The van der Waals surface area contributed by atoms with Crippen LogP contribution < -0.4 is 0 Å². The highest BCUT2D eigenvalue weighted by atomic mass is 32.2. The van der Waals surface area contributed by atoms with Crippen molar-refractivity contribution in [3.8, 4) is 0 Å². The second-order valence-corrected chi connectivity index (χ2v) is 7.10. The van der Waals surface area contributed by atoms with Crippen molar-refractivity contribution >= 4 is 22.0 Å². The maximum Gasteiger partial charge on any atom is 0.290 e. The molecule has 134 valence electrons. The number of hydrogen-bond acceptors (Lipinski definition) is 6. The van der Waals surface area contributed by atoms with Crippen LogP contribution in [-0.2, 0) is 14.6 Å². The number of non-ortho nitro benzene ring substituents is 1. The van der Waals surface area contributed by atoms with Crippen LogP contribution in [0.15, 0.2) is 53.4 Å². The number of aliphatic hydroxyl groups excluding tert-OH is 1. The highest BCUT2D eigenvalue weighted by molar-refractivity contribution is 7.91. The van der Waals surface area contributed by atoms with Crippen LogP contribution in [0.4, 0.5) is 5.69 Å². The van der Waals surface area contributed by atoms with E-state index >= 15 is 0 Å². The van der Waals surface area contributed by atoms with Gasteiger partial charge in [-0.25, -0.2) is 8.42 Å². The molecule has 0 radical (unpaired) electrons. The first-order valence-electron chi connectivity index (χ1n) is 7.01. The standard InChI is InChI=1S/C15H15NO5S.CH2O2/c1-11-5-7-14(8-6-11)22(20,21)10-15(17)12-3-2-4-13(9-12)16(18)19;2-1-3/h2-9,15,17H,10H2,1H3;1H,(H,2,3). The number of aliphatic hydroxyl groups is 1. The Kier molecular flexibility index (Phi) is 7.22. The number of nitrogens with zero attached hydrogens (tertiary/aromatic N) is 1. The van der Waals surface area contributed by atoms with Crippen LogP contribution in [0.5, 0.6) is 0 Å². The molecule has 0 aliphatic carbocycles. The van der Waals surface area contributed by atoms with Crippen molar-refractivity contribution in [2.45, 2.75) is 17.9 Å². The molecule has 25 heavy (non-hydrogen) atoms. The molecular formula is C16H17NO7S. The van der Waals surface area contributed by atoms with Crippen molar-refractivity contribution in [2.75, 3.05) is 5.75 Å². The third-order valence-corrected chi connectivity index (χ3v) is 4.97. The molecule has 0 aromatic heterocycles. The molecule has 2 aromatic rings. The Morgan fingerprint density at radius 2 is 1.76 bits per heavy atom.